The summed E-state index contributed by atoms with van der Waals surface area (Å²) in [4.78, 5) is 0. The lowest BCUT2D eigenvalue weighted by Gasteiger charge is -2.15. The van der Waals surface area contributed by atoms with E-state index in [1.54, 1.807) is 7.11 Å². The van der Waals surface area contributed by atoms with Crippen LogP contribution in [0.4, 0.5) is 0 Å². The lowest BCUT2D eigenvalue weighted by molar-refractivity contribution is 0.414. The van der Waals surface area contributed by atoms with Crippen LogP contribution in [0.25, 0.3) is 0 Å². The van der Waals surface area contributed by atoms with Crippen LogP contribution in [0.3, 0.4) is 0 Å². The maximum Gasteiger partial charge on any atom is 0.118 e. The zero-order valence-corrected chi connectivity index (χ0v) is 10.6. The van der Waals surface area contributed by atoms with Crippen molar-refractivity contribution >= 4 is 0 Å². The molecule has 1 unspecified atom stereocenters. The first kappa shape index (κ1) is 13.0. The van der Waals surface area contributed by atoms with E-state index in [0.717, 1.165) is 18.7 Å². The minimum absolute atomic E-state index is 0.645. The van der Waals surface area contributed by atoms with Gasteiger partial charge in [0.15, 0.2) is 0 Å². The highest BCUT2D eigenvalue weighted by molar-refractivity contribution is 5.27. The fourth-order valence-electron chi connectivity index (χ4n) is 1.87. The number of hydrogen-bond donors (Lipinski definition) is 1. The summed E-state index contributed by atoms with van der Waals surface area (Å²) in [6, 6.07) is 9.01. The van der Waals surface area contributed by atoms with Crippen LogP contribution in [0.2, 0.25) is 0 Å². The highest BCUT2D eigenvalue weighted by Gasteiger charge is 2.04. The van der Waals surface area contributed by atoms with Gasteiger partial charge in [0.2, 0.25) is 0 Å². The van der Waals surface area contributed by atoms with Crippen LogP contribution in [-0.2, 0) is 6.42 Å². The predicted molar refractivity (Wildman–Crippen MR) is 69.1 cm³/mol. The Kier molecular flexibility index (Phi) is 5.94. The van der Waals surface area contributed by atoms with E-state index in [1.165, 1.54) is 18.4 Å². The Labute approximate surface area is 99.0 Å². The van der Waals surface area contributed by atoms with Gasteiger partial charge in [0, 0.05) is 6.04 Å². The van der Waals surface area contributed by atoms with Crippen molar-refractivity contribution in [2.45, 2.75) is 39.2 Å². The van der Waals surface area contributed by atoms with E-state index < -0.39 is 0 Å². The summed E-state index contributed by atoms with van der Waals surface area (Å²) in [7, 11) is 1.70. The Hall–Kier alpha value is -1.02. The molecule has 0 aliphatic rings. The Morgan fingerprint density at radius 2 is 1.88 bits per heavy atom. The minimum atomic E-state index is 0.645. The molecule has 2 nitrogen and oxygen atoms in total. The van der Waals surface area contributed by atoms with E-state index >= 15 is 0 Å². The van der Waals surface area contributed by atoms with Crippen molar-refractivity contribution in [2.24, 2.45) is 0 Å². The molecule has 0 amide bonds. The molecule has 1 rings (SSSR count). The molecule has 0 bridgehead atoms. The van der Waals surface area contributed by atoms with E-state index in [1.807, 2.05) is 12.1 Å². The number of benzene rings is 1. The van der Waals surface area contributed by atoms with Crippen molar-refractivity contribution in [1.29, 1.82) is 0 Å². The van der Waals surface area contributed by atoms with Gasteiger partial charge in [0.25, 0.3) is 0 Å². The van der Waals surface area contributed by atoms with Gasteiger partial charge in [0.1, 0.15) is 5.75 Å². The van der Waals surface area contributed by atoms with Crippen LogP contribution in [0.15, 0.2) is 24.3 Å². The number of ether oxygens (including phenoxy) is 1. The van der Waals surface area contributed by atoms with Crippen LogP contribution in [0.1, 0.15) is 32.3 Å². The van der Waals surface area contributed by atoms with E-state index in [-0.39, 0.29) is 0 Å². The summed E-state index contributed by atoms with van der Waals surface area (Å²) in [5.74, 6) is 0.933. The smallest absolute Gasteiger partial charge is 0.118 e. The van der Waals surface area contributed by atoms with Crippen molar-refractivity contribution in [1.82, 2.24) is 5.32 Å². The second kappa shape index (κ2) is 7.29. The van der Waals surface area contributed by atoms with Crippen molar-refractivity contribution in [3.63, 3.8) is 0 Å². The molecule has 90 valence electrons. The molecule has 0 spiro atoms. The predicted octanol–water partition coefficient (Wildman–Crippen LogP) is 3.02. The van der Waals surface area contributed by atoms with Crippen LogP contribution >= 0.6 is 0 Å². The quantitative estimate of drug-likeness (QED) is 0.764. The van der Waals surface area contributed by atoms with Gasteiger partial charge in [-0.2, -0.15) is 0 Å². The summed E-state index contributed by atoms with van der Waals surface area (Å²) >= 11 is 0. The fourth-order valence-corrected chi connectivity index (χ4v) is 1.87. The molecule has 0 aliphatic carbocycles. The highest BCUT2D eigenvalue weighted by atomic mass is 16.5. The lowest BCUT2D eigenvalue weighted by atomic mass is 10.0. The standard InChI is InChI=1S/C14H23NO/c1-4-13(15-5-2)9-6-12-7-10-14(16-3)11-8-12/h7-8,10-11,13,15H,4-6,9H2,1-3H3. The van der Waals surface area contributed by atoms with Gasteiger partial charge in [-0.3, -0.25) is 0 Å². The van der Waals surface area contributed by atoms with Crippen molar-refractivity contribution in [3.05, 3.63) is 29.8 Å². The minimum Gasteiger partial charge on any atom is -0.497 e. The number of rotatable bonds is 7. The maximum absolute atomic E-state index is 5.14. The van der Waals surface area contributed by atoms with Crippen LogP contribution in [-0.4, -0.2) is 19.7 Å². The topological polar surface area (TPSA) is 21.3 Å². The monoisotopic (exact) mass is 221 g/mol. The molecule has 1 aromatic carbocycles. The molecule has 0 saturated heterocycles. The first-order valence-electron chi connectivity index (χ1n) is 6.16. The van der Waals surface area contributed by atoms with E-state index in [9.17, 15) is 0 Å². The average molecular weight is 221 g/mol. The van der Waals surface area contributed by atoms with Gasteiger partial charge >= 0.3 is 0 Å². The SMILES string of the molecule is CCNC(CC)CCc1ccc(OC)cc1. The fraction of sp³-hybridized carbons (Fsp3) is 0.571. The first-order chi connectivity index (χ1) is 7.80. The largest absolute Gasteiger partial charge is 0.497 e. The molecule has 1 atom stereocenters. The summed E-state index contributed by atoms with van der Waals surface area (Å²) in [5.41, 5.74) is 1.39. The first-order valence-corrected chi connectivity index (χ1v) is 6.16. The average Bonchev–Trinajstić information content (AvgIpc) is 2.35. The normalized spacial score (nSPS) is 12.4. The molecule has 2 heteroatoms. The van der Waals surface area contributed by atoms with Gasteiger partial charge in [-0.1, -0.05) is 26.0 Å². The van der Waals surface area contributed by atoms with E-state index in [2.05, 4.69) is 31.3 Å². The summed E-state index contributed by atoms with van der Waals surface area (Å²) < 4.78 is 5.14. The third-order valence-electron chi connectivity index (χ3n) is 2.93. The molecular weight excluding hydrogens is 198 g/mol. The van der Waals surface area contributed by atoms with Crippen LogP contribution in [0, 0.1) is 0 Å². The van der Waals surface area contributed by atoms with Crippen LogP contribution in [0.5, 0.6) is 5.75 Å². The summed E-state index contributed by atoms with van der Waals surface area (Å²) in [6.45, 7) is 5.46. The van der Waals surface area contributed by atoms with Crippen molar-refractivity contribution in [2.75, 3.05) is 13.7 Å². The number of nitrogens with one attached hydrogen (secondary N) is 1. The summed E-state index contributed by atoms with van der Waals surface area (Å²) in [5, 5.41) is 3.50. The lowest BCUT2D eigenvalue weighted by Crippen LogP contribution is -2.28. The molecular formula is C14H23NO. The zero-order valence-electron chi connectivity index (χ0n) is 10.6. The zero-order chi connectivity index (χ0) is 11.8. The Morgan fingerprint density at radius 3 is 2.38 bits per heavy atom. The number of aryl methyl sites for hydroxylation is 1. The second-order valence-electron chi connectivity index (χ2n) is 4.05. The Morgan fingerprint density at radius 1 is 1.19 bits per heavy atom. The number of hydrogen-bond acceptors (Lipinski definition) is 2. The molecule has 0 fully saturated rings. The maximum atomic E-state index is 5.14. The molecule has 1 aromatic rings. The van der Waals surface area contributed by atoms with E-state index in [4.69, 9.17) is 4.74 Å². The molecule has 0 aliphatic heterocycles. The van der Waals surface area contributed by atoms with E-state index in [0.29, 0.717) is 6.04 Å². The van der Waals surface area contributed by atoms with Gasteiger partial charge in [-0.05, 0) is 43.5 Å². The number of methoxy groups -OCH3 is 1. The molecule has 0 radical (unpaired) electrons. The Bertz CT molecular complexity index is 281. The molecule has 0 heterocycles. The third kappa shape index (κ3) is 4.23. The van der Waals surface area contributed by atoms with Crippen molar-refractivity contribution < 1.29 is 4.74 Å². The highest BCUT2D eigenvalue weighted by Crippen LogP contribution is 2.13. The molecule has 0 aromatic heterocycles. The third-order valence-corrected chi connectivity index (χ3v) is 2.93. The van der Waals surface area contributed by atoms with Gasteiger partial charge in [0.05, 0.1) is 7.11 Å². The van der Waals surface area contributed by atoms with Gasteiger partial charge in [-0.25, -0.2) is 0 Å². The summed E-state index contributed by atoms with van der Waals surface area (Å²) in [6.07, 6.45) is 3.54. The van der Waals surface area contributed by atoms with Gasteiger partial charge < -0.3 is 10.1 Å². The molecule has 16 heavy (non-hydrogen) atoms. The Balaban J connectivity index is 2.40. The molecule has 1 N–H and O–H groups in total. The van der Waals surface area contributed by atoms with Gasteiger partial charge in [-0.15, -0.1) is 0 Å². The van der Waals surface area contributed by atoms with Crippen molar-refractivity contribution in [3.8, 4) is 5.75 Å². The molecule has 0 saturated carbocycles. The second-order valence-corrected chi connectivity index (χ2v) is 4.05. The van der Waals surface area contributed by atoms with Crippen LogP contribution < -0.4 is 10.1 Å².